The van der Waals surface area contributed by atoms with Gasteiger partial charge in [-0.2, -0.15) is 0 Å². The Morgan fingerprint density at radius 2 is 1.90 bits per heavy atom. The van der Waals surface area contributed by atoms with Crippen LogP contribution in [0.25, 0.3) is 0 Å². The topological polar surface area (TPSA) is 17.1 Å². The molecule has 3 aliphatic rings. The Balaban J connectivity index is 1.82. The Morgan fingerprint density at radius 1 is 1.10 bits per heavy atom. The van der Waals surface area contributed by atoms with Gasteiger partial charge in [0, 0.05) is 11.8 Å². The molecule has 3 fully saturated rings. The molecule has 0 bridgehead atoms. The molecule has 0 spiro atoms. The third kappa shape index (κ3) is 2.07. The van der Waals surface area contributed by atoms with E-state index in [1.807, 2.05) is 0 Å². The molecular weight excluding hydrogens is 244 g/mol. The Kier molecular flexibility index (Phi) is 3.75. The van der Waals surface area contributed by atoms with Crippen LogP contribution in [-0.4, -0.2) is 5.78 Å². The molecular formula is C19H32O. The number of Topliss-reactive ketones (excluding diaryl/α,β-unsaturated/α-hetero) is 1. The van der Waals surface area contributed by atoms with Crippen LogP contribution in [0, 0.1) is 28.6 Å². The average molecular weight is 276 g/mol. The summed E-state index contributed by atoms with van der Waals surface area (Å²) in [5, 5.41) is 0. The first-order valence-corrected chi connectivity index (χ1v) is 9.04. The Hall–Kier alpha value is -0.330. The minimum atomic E-state index is 0.0597. The van der Waals surface area contributed by atoms with Gasteiger partial charge >= 0.3 is 0 Å². The van der Waals surface area contributed by atoms with Crippen LogP contribution in [0.4, 0.5) is 0 Å². The maximum absolute atomic E-state index is 12.3. The fourth-order valence-corrected chi connectivity index (χ4v) is 6.14. The Labute approximate surface area is 124 Å². The van der Waals surface area contributed by atoms with Gasteiger partial charge in [-0.3, -0.25) is 4.79 Å². The summed E-state index contributed by atoms with van der Waals surface area (Å²) in [5.41, 5.74) is 0.635. The number of hydrogen-bond donors (Lipinski definition) is 0. The molecule has 0 amide bonds. The number of hydrogen-bond acceptors (Lipinski definition) is 1. The van der Waals surface area contributed by atoms with Gasteiger partial charge in [0.25, 0.3) is 0 Å². The van der Waals surface area contributed by atoms with Crippen molar-refractivity contribution in [2.75, 3.05) is 0 Å². The maximum Gasteiger partial charge on any atom is 0.139 e. The van der Waals surface area contributed by atoms with Gasteiger partial charge in [-0.15, -0.1) is 0 Å². The summed E-state index contributed by atoms with van der Waals surface area (Å²) in [7, 11) is 0. The van der Waals surface area contributed by atoms with Crippen molar-refractivity contribution < 1.29 is 4.79 Å². The number of ketones is 1. The van der Waals surface area contributed by atoms with Crippen LogP contribution in [0.15, 0.2) is 0 Å². The van der Waals surface area contributed by atoms with Gasteiger partial charge in [0.1, 0.15) is 5.78 Å². The van der Waals surface area contributed by atoms with Crippen LogP contribution in [0.3, 0.4) is 0 Å². The summed E-state index contributed by atoms with van der Waals surface area (Å²) in [5.74, 6) is 3.07. The average Bonchev–Trinajstić information content (AvgIpc) is 2.73. The monoisotopic (exact) mass is 276 g/mol. The quantitative estimate of drug-likeness (QED) is 0.676. The highest BCUT2D eigenvalue weighted by atomic mass is 16.1. The number of rotatable bonds is 3. The first-order valence-electron chi connectivity index (χ1n) is 9.04. The number of carbonyl (C=O) groups excluding carboxylic acids is 1. The van der Waals surface area contributed by atoms with Crippen LogP contribution in [0.5, 0.6) is 0 Å². The number of unbranched alkanes of at least 4 members (excludes halogenated alkanes) is 1. The van der Waals surface area contributed by atoms with E-state index in [2.05, 4.69) is 20.8 Å². The summed E-state index contributed by atoms with van der Waals surface area (Å²) in [4.78, 5) is 12.3. The van der Waals surface area contributed by atoms with Crippen LogP contribution in [0.1, 0.15) is 85.0 Å². The van der Waals surface area contributed by atoms with E-state index < -0.39 is 0 Å². The normalized spacial score (nSPS) is 48.0. The number of fused-ring (bicyclic) bond motifs is 3. The van der Waals surface area contributed by atoms with Crippen molar-refractivity contribution in [2.24, 2.45) is 28.6 Å². The highest BCUT2D eigenvalue weighted by Gasteiger charge is 2.57. The van der Waals surface area contributed by atoms with Crippen molar-refractivity contribution >= 4 is 5.78 Å². The lowest BCUT2D eigenvalue weighted by Crippen LogP contribution is -2.48. The van der Waals surface area contributed by atoms with Crippen molar-refractivity contribution in [3.8, 4) is 0 Å². The van der Waals surface area contributed by atoms with E-state index in [-0.39, 0.29) is 5.41 Å². The lowest BCUT2D eigenvalue weighted by Gasteiger charge is -2.55. The zero-order valence-electron chi connectivity index (χ0n) is 13.7. The SMILES string of the molecule is CCCC[C@@]1(C)CCC[C@@H]2[C@@H]1CC[C@]1(C)C(=O)CC[C@@H]21. The third-order valence-corrected chi connectivity index (χ3v) is 7.43. The fraction of sp³-hybridized carbons (Fsp3) is 0.947. The van der Waals surface area contributed by atoms with Crippen LogP contribution < -0.4 is 0 Å². The second-order valence-electron chi connectivity index (χ2n) is 8.44. The van der Waals surface area contributed by atoms with Gasteiger partial charge in [0.2, 0.25) is 0 Å². The fourth-order valence-electron chi connectivity index (χ4n) is 6.14. The lowest BCUT2D eigenvalue weighted by atomic mass is 9.49. The molecule has 0 heterocycles. The molecule has 0 N–H and O–H groups in total. The van der Waals surface area contributed by atoms with Gasteiger partial charge in [0.05, 0.1) is 0 Å². The van der Waals surface area contributed by atoms with Gasteiger partial charge < -0.3 is 0 Å². The zero-order valence-corrected chi connectivity index (χ0v) is 13.7. The molecule has 1 heteroatoms. The predicted octanol–water partition coefficient (Wildman–Crippen LogP) is 5.38. The molecule has 0 aliphatic heterocycles. The molecule has 20 heavy (non-hydrogen) atoms. The molecule has 0 aromatic heterocycles. The maximum atomic E-state index is 12.3. The summed E-state index contributed by atoms with van der Waals surface area (Å²) < 4.78 is 0. The largest absolute Gasteiger partial charge is 0.299 e. The minimum Gasteiger partial charge on any atom is -0.299 e. The Morgan fingerprint density at radius 3 is 2.65 bits per heavy atom. The zero-order chi connectivity index (χ0) is 14.4. The second kappa shape index (κ2) is 5.14. The van der Waals surface area contributed by atoms with Gasteiger partial charge in [-0.1, -0.05) is 40.0 Å². The molecule has 0 saturated heterocycles. The van der Waals surface area contributed by atoms with Crippen molar-refractivity contribution in [2.45, 2.75) is 85.0 Å². The van der Waals surface area contributed by atoms with Crippen molar-refractivity contribution in [3.63, 3.8) is 0 Å². The van der Waals surface area contributed by atoms with Crippen LogP contribution in [-0.2, 0) is 4.79 Å². The molecule has 0 aromatic carbocycles. The summed E-state index contributed by atoms with van der Waals surface area (Å²) in [6.45, 7) is 7.18. The molecule has 3 saturated carbocycles. The smallest absolute Gasteiger partial charge is 0.139 e. The first kappa shape index (κ1) is 14.6. The Bertz CT molecular complexity index is 387. The van der Waals surface area contributed by atoms with E-state index in [0.717, 1.165) is 24.2 Å². The third-order valence-electron chi connectivity index (χ3n) is 7.43. The van der Waals surface area contributed by atoms with Gasteiger partial charge in [0.15, 0.2) is 0 Å². The highest BCUT2D eigenvalue weighted by molar-refractivity contribution is 5.87. The molecule has 114 valence electrons. The van der Waals surface area contributed by atoms with Gasteiger partial charge in [-0.05, 0) is 61.7 Å². The van der Waals surface area contributed by atoms with Crippen LogP contribution in [0.2, 0.25) is 0 Å². The molecule has 3 rings (SSSR count). The van der Waals surface area contributed by atoms with E-state index in [1.165, 1.54) is 57.8 Å². The van der Waals surface area contributed by atoms with E-state index in [0.29, 0.717) is 11.2 Å². The molecule has 0 unspecified atom stereocenters. The minimum absolute atomic E-state index is 0.0597. The van der Waals surface area contributed by atoms with Crippen molar-refractivity contribution in [3.05, 3.63) is 0 Å². The molecule has 3 aliphatic carbocycles. The predicted molar refractivity (Wildman–Crippen MR) is 83.5 cm³/mol. The number of carbonyl (C=O) groups is 1. The summed E-state index contributed by atoms with van der Waals surface area (Å²) >= 11 is 0. The van der Waals surface area contributed by atoms with E-state index in [1.54, 1.807) is 0 Å². The molecule has 1 nitrogen and oxygen atoms in total. The second-order valence-corrected chi connectivity index (χ2v) is 8.44. The standard InChI is InChI=1S/C19H32O/c1-4-5-11-18(2)12-6-7-14-15(18)10-13-19(3)16(14)8-9-17(19)20/h14-16H,4-13H2,1-3H3/t14-,15+,16+,18+,19+/m1/s1. The highest BCUT2D eigenvalue weighted by Crippen LogP contribution is 2.62. The molecule has 0 aromatic rings. The summed E-state index contributed by atoms with van der Waals surface area (Å²) in [6, 6.07) is 0. The van der Waals surface area contributed by atoms with Gasteiger partial charge in [-0.25, -0.2) is 0 Å². The molecule has 0 radical (unpaired) electrons. The van der Waals surface area contributed by atoms with E-state index in [4.69, 9.17) is 0 Å². The first-order chi connectivity index (χ1) is 9.51. The lowest BCUT2D eigenvalue weighted by molar-refractivity contribution is -0.133. The van der Waals surface area contributed by atoms with Crippen molar-refractivity contribution in [1.29, 1.82) is 0 Å². The van der Waals surface area contributed by atoms with Crippen LogP contribution >= 0.6 is 0 Å². The van der Waals surface area contributed by atoms with Crippen molar-refractivity contribution in [1.82, 2.24) is 0 Å². The summed E-state index contributed by atoms with van der Waals surface area (Å²) in [6.07, 6.45) is 12.9. The van der Waals surface area contributed by atoms with E-state index in [9.17, 15) is 4.79 Å². The molecule has 5 atom stereocenters. The van der Waals surface area contributed by atoms with E-state index >= 15 is 0 Å².